The highest BCUT2D eigenvalue weighted by molar-refractivity contribution is 7.90. The number of carbonyl (C=O) groups is 2. The normalized spacial score (nSPS) is 17.0. The fraction of sp³-hybridized carbons (Fsp3) is 0.556. The third-order valence-corrected chi connectivity index (χ3v) is 6.00. The number of anilines is 1. The van der Waals surface area contributed by atoms with E-state index in [1.165, 1.54) is 12.1 Å². The second-order valence-corrected chi connectivity index (χ2v) is 9.12. The van der Waals surface area contributed by atoms with Crippen molar-refractivity contribution in [3.8, 4) is 0 Å². The van der Waals surface area contributed by atoms with Crippen LogP contribution in [-0.2, 0) is 19.4 Å². The molecule has 0 heterocycles. The predicted molar refractivity (Wildman–Crippen MR) is 95.3 cm³/mol. The van der Waals surface area contributed by atoms with Gasteiger partial charge in [0.2, 0.25) is 5.91 Å². The summed E-state index contributed by atoms with van der Waals surface area (Å²) in [6.45, 7) is 1.79. The van der Waals surface area contributed by atoms with E-state index in [2.05, 4.69) is 5.32 Å². The molecule has 0 bridgehead atoms. The van der Waals surface area contributed by atoms with Crippen LogP contribution in [0.25, 0.3) is 0 Å². The number of benzene rings is 1. The lowest BCUT2D eigenvalue weighted by molar-refractivity contribution is -0.140. The highest BCUT2D eigenvalue weighted by atomic mass is 32.2. The van der Waals surface area contributed by atoms with Crippen LogP contribution in [0.4, 0.5) is 5.69 Å². The maximum Gasteiger partial charge on any atom is 0.303 e. The summed E-state index contributed by atoms with van der Waals surface area (Å²) in [4.78, 5) is 23.9. The van der Waals surface area contributed by atoms with Crippen LogP contribution in [0.5, 0.6) is 0 Å². The fourth-order valence-electron chi connectivity index (χ4n) is 3.54. The van der Waals surface area contributed by atoms with Crippen LogP contribution in [0.15, 0.2) is 23.1 Å². The number of carboxylic acids is 1. The Kier molecular flexibility index (Phi) is 5.87. The third kappa shape index (κ3) is 5.29. The first-order chi connectivity index (χ1) is 11.6. The molecule has 0 atom stereocenters. The highest BCUT2D eigenvalue weighted by Crippen LogP contribution is 2.42. The molecule has 1 aromatic carbocycles. The Bertz CT molecular complexity index is 764. The quantitative estimate of drug-likeness (QED) is 0.804. The van der Waals surface area contributed by atoms with Gasteiger partial charge < -0.3 is 10.4 Å². The first-order valence-electron chi connectivity index (χ1n) is 8.44. The summed E-state index contributed by atoms with van der Waals surface area (Å²) in [5.74, 6) is -1.15. The molecule has 2 rings (SSSR count). The van der Waals surface area contributed by atoms with Crippen molar-refractivity contribution < 1.29 is 23.1 Å². The summed E-state index contributed by atoms with van der Waals surface area (Å²) in [6, 6.07) is 4.61. The Morgan fingerprint density at radius 3 is 2.36 bits per heavy atom. The molecule has 6 nitrogen and oxygen atoms in total. The summed E-state index contributed by atoms with van der Waals surface area (Å²) in [5.41, 5.74) is 0.710. The van der Waals surface area contributed by atoms with Crippen molar-refractivity contribution in [2.45, 2.75) is 56.8 Å². The molecule has 1 aliphatic carbocycles. The molecule has 0 radical (unpaired) electrons. The highest BCUT2D eigenvalue weighted by Gasteiger charge is 2.36. The van der Waals surface area contributed by atoms with E-state index in [0.29, 0.717) is 5.69 Å². The standard InChI is InChI=1S/C18H25NO5S/c1-13-6-7-14(25(2,23)24)10-15(13)19-16(20)11-18(12-17(21)22)8-4-3-5-9-18/h6-7,10H,3-5,8-9,11-12H2,1-2H3,(H,19,20)(H,21,22). The lowest BCUT2D eigenvalue weighted by Gasteiger charge is -2.35. The van der Waals surface area contributed by atoms with E-state index in [1.807, 2.05) is 0 Å². The van der Waals surface area contributed by atoms with Crippen LogP contribution in [0, 0.1) is 12.3 Å². The van der Waals surface area contributed by atoms with Gasteiger partial charge in [-0.05, 0) is 42.9 Å². The van der Waals surface area contributed by atoms with Gasteiger partial charge in [0.1, 0.15) is 0 Å². The molecule has 0 aliphatic heterocycles. The second kappa shape index (κ2) is 7.56. The van der Waals surface area contributed by atoms with E-state index in [1.54, 1.807) is 13.0 Å². The minimum atomic E-state index is -3.36. The summed E-state index contributed by atoms with van der Waals surface area (Å²) in [7, 11) is -3.36. The number of sulfone groups is 1. The molecule has 1 aliphatic rings. The molecule has 138 valence electrons. The van der Waals surface area contributed by atoms with Crippen molar-refractivity contribution in [3.05, 3.63) is 23.8 Å². The van der Waals surface area contributed by atoms with Crippen molar-refractivity contribution in [3.63, 3.8) is 0 Å². The first kappa shape index (κ1) is 19.4. The van der Waals surface area contributed by atoms with Crippen LogP contribution in [0.1, 0.15) is 50.5 Å². The minimum Gasteiger partial charge on any atom is -0.481 e. The van der Waals surface area contributed by atoms with Gasteiger partial charge in [-0.1, -0.05) is 25.3 Å². The van der Waals surface area contributed by atoms with Crippen LogP contribution < -0.4 is 5.32 Å². The zero-order valence-corrected chi connectivity index (χ0v) is 15.5. The molecule has 7 heteroatoms. The van der Waals surface area contributed by atoms with Crippen molar-refractivity contribution in [1.82, 2.24) is 0 Å². The van der Waals surface area contributed by atoms with Gasteiger partial charge in [0.05, 0.1) is 11.3 Å². The molecule has 0 aromatic heterocycles. The summed E-state index contributed by atoms with van der Waals surface area (Å²) < 4.78 is 23.4. The van der Waals surface area contributed by atoms with Crippen LogP contribution in [0.3, 0.4) is 0 Å². The number of hydrogen-bond donors (Lipinski definition) is 2. The van der Waals surface area contributed by atoms with Crippen LogP contribution in [0.2, 0.25) is 0 Å². The molecule has 1 fully saturated rings. The Balaban J connectivity index is 2.17. The van der Waals surface area contributed by atoms with Crippen LogP contribution in [-0.4, -0.2) is 31.7 Å². The van der Waals surface area contributed by atoms with Crippen molar-refractivity contribution in [1.29, 1.82) is 0 Å². The molecule has 25 heavy (non-hydrogen) atoms. The number of hydrogen-bond acceptors (Lipinski definition) is 4. The predicted octanol–water partition coefficient (Wildman–Crippen LogP) is 3.15. The lowest BCUT2D eigenvalue weighted by Crippen LogP contribution is -2.32. The smallest absolute Gasteiger partial charge is 0.303 e. The monoisotopic (exact) mass is 367 g/mol. The maximum atomic E-state index is 12.5. The average Bonchev–Trinajstić information content (AvgIpc) is 2.48. The number of nitrogens with one attached hydrogen (secondary N) is 1. The van der Waals surface area contributed by atoms with Gasteiger partial charge in [0.15, 0.2) is 9.84 Å². The van der Waals surface area contributed by atoms with Gasteiger partial charge in [-0.25, -0.2) is 8.42 Å². The molecule has 1 saturated carbocycles. The summed E-state index contributed by atoms with van der Waals surface area (Å²) in [5, 5.41) is 12.0. The van der Waals surface area contributed by atoms with E-state index in [-0.39, 0.29) is 23.6 Å². The van der Waals surface area contributed by atoms with E-state index in [9.17, 15) is 23.1 Å². The number of aliphatic carboxylic acids is 1. The van der Waals surface area contributed by atoms with Crippen LogP contribution >= 0.6 is 0 Å². The zero-order valence-electron chi connectivity index (χ0n) is 14.7. The Hall–Kier alpha value is -1.89. The molecule has 0 spiro atoms. The third-order valence-electron chi connectivity index (χ3n) is 4.89. The number of carbonyl (C=O) groups excluding carboxylic acids is 1. The van der Waals surface area contributed by atoms with Gasteiger partial charge >= 0.3 is 5.97 Å². The Morgan fingerprint density at radius 2 is 1.80 bits per heavy atom. The van der Waals surface area contributed by atoms with Crippen molar-refractivity contribution in [2.75, 3.05) is 11.6 Å². The second-order valence-electron chi connectivity index (χ2n) is 7.11. The van der Waals surface area contributed by atoms with Gasteiger partial charge in [-0.15, -0.1) is 0 Å². The molecule has 2 N–H and O–H groups in total. The maximum absolute atomic E-state index is 12.5. The SMILES string of the molecule is Cc1ccc(S(C)(=O)=O)cc1NC(=O)CC1(CC(=O)O)CCCCC1. The number of amides is 1. The summed E-state index contributed by atoms with van der Waals surface area (Å²) in [6.07, 6.45) is 5.65. The van der Waals surface area contributed by atoms with E-state index >= 15 is 0 Å². The number of rotatable bonds is 6. The topological polar surface area (TPSA) is 101 Å². The molecular weight excluding hydrogens is 342 g/mol. The fourth-order valence-corrected chi connectivity index (χ4v) is 4.19. The number of aryl methyl sites for hydroxylation is 1. The summed E-state index contributed by atoms with van der Waals surface area (Å²) >= 11 is 0. The van der Waals surface area contributed by atoms with Gasteiger partial charge in [-0.2, -0.15) is 0 Å². The zero-order chi connectivity index (χ0) is 18.7. The average molecular weight is 367 g/mol. The molecular formula is C18H25NO5S. The Morgan fingerprint density at radius 1 is 1.16 bits per heavy atom. The molecule has 1 amide bonds. The van der Waals surface area contributed by atoms with E-state index in [4.69, 9.17) is 0 Å². The van der Waals surface area contributed by atoms with Crippen molar-refractivity contribution in [2.24, 2.45) is 5.41 Å². The minimum absolute atomic E-state index is 0.0111. The number of carboxylic acid groups (broad SMARTS) is 1. The van der Waals surface area contributed by atoms with Gasteiger partial charge in [0.25, 0.3) is 0 Å². The Labute approximate surface area is 148 Å². The lowest BCUT2D eigenvalue weighted by atomic mass is 9.69. The van der Waals surface area contributed by atoms with Gasteiger partial charge in [-0.3, -0.25) is 9.59 Å². The molecule has 0 saturated heterocycles. The first-order valence-corrected chi connectivity index (χ1v) is 10.3. The molecule has 0 unspecified atom stereocenters. The van der Waals surface area contributed by atoms with E-state index < -0.39 is 21.2 Å². The van der Waals surface area contributed by atoms with E-state index in [0.717, 1.165) is 43.9 Å². The van der Waals surface area contributed by atoms with Gasteiger partial charge in [0, 0.05) is 18.4 Å². The largest absolute Gasteiger partial charge is 0.481 e. The molecule has 1 aromatic rings. The van der Waals surface area contributed by atoms with Crippen molar-refractivity contribution >= 4 is 27.4 Å².